The van der Waals surface area contributed by atoms with E-state index in [4.69, 9.17) is 9.16 Å². The van der Waals surface area contributed by atoms with E-state index in [0.717, 1.165) is 10.5 Å². The number of benzene rings is 3. The topological polar surface area (TPSA) is 38.8 Å². The SMILES string of the molecule is Cc1ccc(S(=O)[C@@H]2O[C@@H]2[C@H](C)O[Si](c2ccccc2)(c2ccccc2)C(C)(C)C)cc1. The van der Waals surface area contributed by atoms with Crippen molar-refractivity contribution in [3.63, 3.8) is 0 Å². The molecule has 0 spiro atoms. The first-order chi connectivity index (χ1) is 15.2. The second kappa shape index (κ2) is 9.06. The van der Waals surface area contributed by atoms with Crippen LogP contribution in [0.15, 0.2) is 89.8 Å². The molecule has 4 rings (SSSR count). The Bertz CT molecular complexity index is 1020. The molecular formula is C27H32O3SSi. The largest absolute Gasteiger partial charge is 0.402 e. The lowest BCUT2D eigenvalue weighted by Crippen LogP contribution is -2.68. The summed E-state index contributed by atoms with van der Waals surface area (Å²) in [7, 11) is -3.87. The van der Waals surface area contributed by atoms with Gasteiger partial charge in [0.25, 0.3) is 8.32 Å². The molecule has 168 valence electrons. The maximum absolute atomic E-state index is 13.1. The Hall–Kier alpha value is -2.05. The smallest absolute Gasteiger partial charge is 0.261 e. The summed E-state index contributed by atoms with van der Waals surface area (Å²) in [6.45, 7) is 10.9. The molecule has 3 aromatic rings. The van der Waals surface area contributed by atoms with E-state index in [9.17, 15) is 4.21 Å². The van der Waals surface area contributed by atoms with Crippen LogP contribution in [0.3, 0.4) is 0 Å². The third-order valence-corrected chi connectivity index (χ3v) is 12.9. The van der Waals surface area contributed by atoms with E-state index in [0.29, 0.717) is 0 Å². The van der Waals surface area contributed by atoms with Crippen molar-refractivity contribution in [3.05, 3.63) is 90.5 Å². The molecule has 32 heavy (non-hydrogen) atoms. The first-order valence-corrected chi connectivity index (χ1v) is 14.3. The highest BCUT2D eigenvalue weighted by Crippen LogP contribution is 2.41. The van der Waals surface area contributed by atoms with Crippen molar-refractivity contribution < 1.29 is 13.4 Å². The maximum Gasteiger partial charge on any atom is 0.261 e. The fraction of sp³-hybridized carbons (Fsp3) is 0.333. The molecule has 3 aromatic carbocycles. The molecule has 0 bridgehead atoms. The van der Waals surface area contributed by atoms with Crippen LogP contribution in [0, 0.1) is 6.92 Å². The molecule has 0 aliphatic carbocycles. The van der Waals surface area contributed by atoms with Gasteiger partial charge in [0.2, 0.25) is 0 Å². The van der Waals surface area contributed by atoms with Crippen molar-refractivity contribution in [2.45, 2.75) is 62.2 Å². The summed E-state index contributed by atoms with van der Waals surface area (Å²) in [5, 5.41) is 2.37. The molecule has 1 aliphatic rings. The Morgan fingerprint density at radius 1 is 0.875 bits per heavy atom. The van der Waals surface area contributed by atoms with Crippen molar-refractivity contribution in [3.8, 4) is 0 Å². The van der Waals surface area contributed by atoms with Crippen molar-refractivity contribution in [1.29, 1.82) is 0 Å². The van der Waals surface area contributed by atoms with E-state index in [-0.39, 0.29) is 22.7 Å². The third kappa shape index (κ3) is 4.40. The molecule has 1 unspecified atom stereocenters. The second-order valence-electron chi connectivity index (χ2n) is 9.57. The van der Waals surface area contributed by atoms with E-state index in [1.165, 1.54) is 10.4 Å². The number of epoxide rings is 1. The fourth-order valence-corrected chi connectivity index (χ4v) is 10.5. The predicted octanol–water partition coefficient (Wildman–Crippen LogP) is 4.79. The van der Waals surface area contributed by atoms with Crippen LogP contribution in [0.5, 0.6) is 0 Å². The maximum atomic E-state index is 13.1. The van der Waals surface area contributed by atoms with Crippen LogP contribution in [0.25, 0.3) is 0 Å². The number of aryl methyl sites for hydroxylation is 1. The Kier molecular flexibility index (Phi) is 6.55. The minimum atomic E-state index is -2.67. The van der Waals surface area contributed by atoms with Gasteiger partial charge in [0, 0.05) is 4.90 Å². The summed E-state index contributed by atoms with van der Waals surface area (Å²) in [5.41, 5.74) is 0.827. The fourth-order valence-electron chi connectivity index (χ4n) is 4.46. The average molecular weight is 465 g/mol. The van der Waals surface area contributed by atoms with Gasteiger partial charge in [0.05, 0.1) is 16.9 Å². The van der Waals surface area contributed by atoms with Crippen molar-refractivity contribution in [2.75, 3.05) is 0 Å². The van der Waals surface area contributed by atoms with Gasteiger partial charge in [-0.2, -0.15) is 0 Å². The van der Waals surface area contributed by atoms with Gasteiger partial charge < -0.3 is 9.16 Å². The zero-order valence-corrected chi connectivity index (χ0v) is 21.3. The zero-order chi connectivity index (χ0) is 22.9. The normalized spacial score (nSPS) is 20.5. The molecule has 4 atom stereocenters. The Labute approximate surface area is 195 Å². The van der Waals surface area contributed by atoms with Gasteiger partial charge in [0.15, 0.2) is 5.44 Å². The Morgan fingerprint density at radius 3 is 1.84 bits per heavy atom. The summed E-state index contributed by atoms with van der Waals surface area (Å²) in [5.74, 6) is 0. The van der Waals surface area contributed by atoms with Crippen LogP contribution < -0.4 is 10.4 Å². The van der Waals surface area contributed by atoms with Gasteiger partial charge in [0.1, 0.15) is 6.10 Å². The quantitative estimate of drug-likeness (QED) is 0.373. The monoisotopic (exact) mass is 464 g/mol. The summed E-state index contributed by atoms with van der Waals surface area (Å²) in [4.78, 5) is 0.806. The molecule has 0 amide bonds. The second-order valence-corrected chi connectivity index (χ2v) is 15.3. The average Bonchev–Trinajstić information content (AvgIpc) is 3.59. The van der Waals surface area contributed by atoms with E-state index in [1.54, 1.807) is 0 Å². The van der Waals surface area contributed by atoms with E-state index >= 15 is 0 Å². The van der Waals surface area contributed by atoms with Gasteiger partial charge in [-0.1, -0.05) is 99.1 Å². The summed E-state index contributed by atoms with van der Waals surface area (Å²) >= 11 is 0. The third-order valence-electron chi connectivity index (χ3n) is 6.19. The van der Waals surface area contributed by atoms with E-state index in [1.807, 2.05) is 43.3 Å². The molecule has 1 fully saturated rings. The molecular weight excluding hydrogens is 432 g/mol. The molecule has 1 aliphatic heterocycles. The van der Waals surface area contributed by atoms with E-state index in [2.05, 4.69) is 76.2 Å². The molecule has 1 heterocycles. The molecule has 0 radical (unpaired) electrons. The van der Waals surface area contributed by atoms with Crippen molar-refractivity contribution in [1.82, 2.24) is 0 Å². The standard InChI is InChI=1S/C27H32O3SSi/c1-20-16-18-22(19-17-20)31(28)26-25(29-26)21(2)30-32(27(3,4)5,23-12-8-6-9-13-23)24-14-10-7-11-15-24/h6-19,21,25-26H,1-5H3/t21-,25+,26-,31?/m0/s1. The summed E-state index contributed by atoms with van der Waals surface area (Å²) < 4.78 is 26.1. The van der Waals surface area contributed by atoms with Crippen molar-refractivity contribution in [2.24, 2.45) is 0 Å². The van der Waals surface area contributed by atoms with Gasteiger partial charge in [-0.25, -0.2) is 0 Å². The minimum Gasteiger partial charge on any atom is -0.402 e. The molecule has 1 saturated heterocycles. The number of hydrogen-bond donors (Lipinski definition) is 0. The lowest BCUT2D eigenvalue weighted by molar-refractivity contribution is 0.164. The zero-order valence-electron chi connectivity index (χ0n) is 19.4. The van der Waals surface area contributed by atoms with Crippen LogP contribution >= 0.6 is 0 Å². The van der Waals surface area contributed by atoms with Crippen LogP contribution in [-0.4, -0.2) is 30.2 Å². The molecule has 0 N–H and O–H groups in total. The lowest BCUT2D eigenvalue weighted by Gasteiger charge is -2.44. The number of ether oxygens (including phenoxy) is 1. The van der Waals surface area contributed by atoms with Gasteiger partial charge in [-0.05, 0) is 41.4 Å². The molecule has 0 saturated carbocycles. The Balaban J connectivity index is 1.65. The summed E-state index contributed by atoms with van der Waals surface area (Å²) in [6, 6.07) is 29.0. The highest BCUT2D eigenvalue weighted by molar-refractivity contribution is 7.85. The van der Waals surface area contributed by atoms with Crippen LogP contribution in [0.2, 0.25) is 5.04 Å². The van der Waals surface area contributed by atoms with Crippen LogP contribution in [-0.2, 0) is 20.0 Å². The van der Waals surface area contributed by atoms with E-state index < -0.39 is 19.1 Å². The van der Waals surface area contributed by atoms with Crippen LogP contribution in [0.1, 0.15) is 33.3 Å². The predicted molar refractivity (Wildman–Crippen MR) is 134 cm³/mol. The first kappa shape index (κ1) is 23.1. The number of rotatable bonds is 7. The highest BCUT2D eigenvalue weighted by Gasteiger charge is 2.55. The Morgan fingerprint density at radius 2 is 1.38 bits per heavy atom. The molecule has 5 heteroatoms. The van der Waals surface area contributed by atoms with Gasteiger partial charge >= 0.3 is 0 Å². The molecule has 3 nitrogen and oxygen atoms in total. The van der Waals surface area contributed by atoms with Crippen molar-refractivity contribution >= 4 is 29.5 Å². The van der Waals surface area contributed by atoms with Gasteiger partial charge in [-0.3, -0.25) is 4.21 Å². The molecule has 0 aromatic heterocycles. The highest BCUT2D eigenvalue weighted by atomic mass is 32.2. The van der Waals surface area contributed by atoms with Gasteiger partial charge in [-0.15, -0.1) is 0 Å². The summed E-state index contributed by atoms with van der Waals surface area (Å²) in [6.07, 6.45) is -0.362. The lowest BCUT2D eigenvalue weighted by atomic mass is 10.2. The van der Waals surface area contributed by atoms with Crippen LogP contribution in [0.4, 0.5) is 0 Å². The first-order valence-electron chi connectivity index (χ1n) is 11.2. The minimum absolute atomic E-state index is 0.107. The number of hydrogen-bond acceptors (Lipinski definition) is 3.